The van der Waals surface area contributed by atoms with Crippen molar-refractivity contribution in [1.82, 2.24) is 5.32 Å². The molecule has 226 valence electrons. The number of pyridine rings is 1. The van der Waals surface area contributed by atoms with Gasteiger partial charge in [0.15, 0.2) is 23.9 Å². The third-order valence-electron chi connectivity index (χ3n) is 6.64. The number of esters is 1. The lowest BCUT2D eigenvalue weighted by molar-refractivity contribution is -0.605. The second-order valence-corrected chi connectivity index (χ2v) is 11.6. The van der Waals surface area contributed by atoms with Crippen LogP contribution in [0.1, 0.15) is 38.6 Å². The Morgan fingerprint density at radius 1 is 0.953 bits per heavy atom. The molecule has 0 radical (unpaired) electrons. The van der Waals surface area contributed by atoms with Crippen molar-refractivity contribution in [2.75, 3.05) is 20.8 Å². The van der Waals surface area contributed by atoms with Gasteiger partial charge in [0.2, 0.25) is 0 Å². The van der Waals surface area contributed by atoms with Crippen molar-refractivity contribution in [3.05, 3.63) is 115 Å². The summed E-state index contributed by atoms with van der Waals surface area (Å²) in [5.74, 6) is -0.449. The minimum absolute atomic E-state index is 0.0282. The summed E-state index contributed by atoms with van der Waals surface area (Å²) in [6, 6.07) is 17.1. The van der Waals surface area contributed by atoms with Crippen LogP contribution >= 0.6 is 34.5 Å². The van der Waals surface area contributed by atoms with Crippen LogP contribution in [0.4, 0.5) is 0 Å². The molecule has 4 rings (SSSR count). The Hall–Kier alpha value is -3.83. The van der Waals surface area contributed by atoms with Gasteiger partial charge in [0, 0.05) is 28.3 Å². The van der Waals surface area contributed by atoms with Crippen molar-refractivity contribution in [3.8, 4) is 11.5 Å². The average Bonchev–Trinajstić information content (AvgIpc) is 3.43. The van der Waals surface area contributed by atoms with Gasteiger partial charge in [-0.2, -0.15) is 4.73 Å². The molecule has 43 heavy (non-hydrogen) atoms. The van der Waals surface area contributed by atoms with Crippen LogP contribution < -0.4 is 19.5 Å². The highest BCUT2D eigenvalue weighted by Gasteiger charge is 2.24. The summed E-state index contributed by atoms with van der Waals surface area (Å²) in [6.45, 7) is 0.444. The van der Waals surface area contributed by atoms with Crippen molar-refractivity contribution in [1.29, 1.82) is 0 Å². The monoisotopic (exact) mass is 644 g/mol. The number of methoxy groups -OCH3 is 2. The molecular weight excluding hydrogens is 615 g/mol. The number of thiophene rings is 1. The van der Waals surface area contributed by atoms with Crippen LogP contribution in [0.3, 0.4) is 0 Å². The molecule has 4 aromatic rings. The normalized spacial score (nSPS) is 12.4. The fourth-order valence-corrected chi connectivity index (χ4v) is 6.12. The van der Waals surface area contributed by atoms with Crippen LogP contribution in [-0.2, 0) is 33.6 Å². The molecule has 9 nitrogen and oxygen atoms in total. The number of carbonyl (C=O) groups is 2. The number of carboxylic acids is 1. The summed E-state index contributed by atoms with van der Waals surface area (Å²) in [7, 11) is 3.03. The zero-order chi connectivity index (χ0) is 30.9. The molecule has 0 amide bonds. The van der Waals surface area contributed by atoms with E-state index in [4.69, 9.17) is 37.4 Å². The summed E-state index contributed by atoms with van der Waals surface area (Å²) in [6.07, 6.45) is 2.33. The number of ether oxygens (including phenoxy) is 3. The maximum Gasteiger partial charge on any atom is 0.325 e. The number of nitrogens with one attached hydrogen (secondary N) is 1. The van der Waals surface area contributed by atoms with Crippen molar-refractivity contribution >= 4 is 46.5 Å². The highest BCUT2D eigenvalue weighted by molar-refractivity contribution is 7.12. The lowest BCUT2D eigenvalue weighted by Gasteiger charge is -2.21. The lowest BCUT2D eigenvalue weighted by atomic mass is 10.0. The number of carboxylic acid groups (broad SMARTS) is 1. The molecule has 2 N–H and O–H groups in total. The smallest absolute Gasteiger partial charge is 0.325 e. The molecule has 12 heteroatoms. The summed E-state index contributed by atoms with van der Waals surface area (Å²) in [4.78, 5) is 26.7. The topological polar surface area (TPSA) is 121 Å². The Kier molecular flexibility index (Phi) is 11.2. The Labute approximate surface area is 263 Å². The van der Waals surface area contributed by atoms with Crippen molar-refractivity contribution in [2.45, 2.75) is 31.4 Å². The third-order valence-corrected chi connectivity index (χ3v) is 8.43. The van der Waals surface area contributed by atoms with E-state index in [0.717, 1.165) is 9.75 Å². The van der Waals surface area contributed by atoms with Gasteiger partial charge in [0.1, 0.15) is 22.2 Å². The molecule has 2 atom stereocenters. The fraction of sp³-hybridized carbons (Fsp3) is 0.258. The first-order valence-corrected chi connectivity index (χ1v) is 14.8. The molecule has 2 heterocycles. The molecule has 0 aliphatic carbocycles. The van der Waals surface area contributed by atoms with Gasteiger partial charge in [-0.25, -0.2) is 0 Å². The van der Waals surface area contributed by atoms with E-state index < -0.39 is 24.1 Å². The predicted molar refractivity (Wildman–Crippen MR) is 164 cm³/mol. The largest absolute Gasteiger partial charge is 0.619 e. The summed E-state index contributed by atoms with van der Waals surface area (Å²) in [5, 5.41) is 24.8. The maximum absolute atomic E-state index is 13.2. The van der Waals surface area contributed by atoms with Crippen molar-refractivity contribution < 1.29 is 33.6 Å². The van der Waals surface area contributed by atoms with E-state index in [-0.39, 0.29) is 22.9 Å². The van der Waals surface area contributed by atoms with Gasteiger partial charge in [-0.3, -0.25) is 9.59 Å². The highest BCUT2D eigenvalue weighted by atomic mass is 35.5. The number of aliphatic carboxylic acids is 1. The van der Waals surface area contributed by atoms with E-state index in [1.807, 2.05) is 18.2 Å². The minimum Gasteiger partial charge on any atom is -0.619 e. The van der Waals surface area contributed by atoms with Gasteiger partial charge in [0.25, 0.3) is 0 Å². The minimum atomic E-state index is -0.949. The van der Waals surface area contributed by atoms with Crippen molar-refractivity contribution in [2.24, 2.45) is 0 Å². The first kappa shape index (κ1) is 32.1. The summed E-state index contributed by atoms with van der Waals surface area (Å²) in [5.41, 5.74) is 1.77. The Morgan fingerprint density at radius 3 is 2.28 bits per heavy atom. The average molecular weight is 646 g/mol. The number of aromatic nitrogens is 1. The van der Waals surface area contributed by atoms with Crippen LogP contribution in [-0.4, -0.2) is 37.8 Å². The number of hydrogen-bond donors (Lipinski definition) is 2. The number of carbonyl (C=O) groups excluding carboxylic acids is 1. The Bertz CT molecular complexity index is 1540. The summed E-state index contributed by atoms with van der Waals surface area (Å²) < 4.78 is 17.2. The zero-order valence-corrected chi connectivity index (χ0v) is 25.7. The second-order valence-electron chi connectivity index (χ2n) is 9.52. The molecule has 0 fully saturated rings. The molecule has 1 unspecified atom stereocenters. The van der Waals surface area contributed by atoms with E-state index in [0.29, 0.717) is 45.9 Å². The van der Waals surface area contributed by atoms with Gasteiger partial charge in [-0.1, -0.05) is 59.6 Å². The number of rotatable bonds is 14. The maximum atomic E-state index is 13.2. The van der Waals surface area contributed by atoms with E-state index >= 15 is 0 Å². The van der Waals surface area contributed by atoms with E-state index in [1.165, 1.54) is 38.0 Å². The van der Waals surface area contributed by atoms with Crippen LogP contribution in [0.5, 0.6) is 11.5 Å². The molecule has 0 spiro atoms. The molecule has 0 aliphatic heterocycles. The zero-order valence-electron chi connectivity index (χ0n) is 23.4. The standard InChI is InChI=1S/C31H30Cl2N2O7S/c1-40-26-11-8-20(14-28(26)41-2)27(16-23-24(32)17-35(39)18-25(23)33)42-29(36)15-22-10-9-21(43-22)12-13-34-30(31(37)38)19-6-4-3-5-7-19/h3-11,14,17-18,27,30,34H,12-13,15-16H2,1-2H3,(H,37,38)/t27-,30?/m0/s1. The van der Waals surface area contributed by atoms with Gasteiger partial charge < -0.3 is 29.8 Å². The van der Waals surface area contributed by atoms with Crippen LogP contribution in [0, 0.1) is 5.21 Å². The summed E-state index contributed by atoms with van der Waals surface area (Å²) >= 11 is 14.1. The van der Waals surface area contributed by atoms with Gasteiger partial charge in [-0.15, -0.1) is 11.3 Å². The number of nitrogens with zero attached hydrogens (tertiary/aromatic N) is 1. The quantitative estimate of drug-likeness (QED) is 0.101. The van der Waals surface area contributed by atoms with E-state index in [1.54, 1.807) is 42.5 Å². The predicted octanol–water partition coefficient (Wildman–Crippen LogP) is 5.73. The molecular formula is C31H30Cl2N2O7S. The van der Waals surface area contributed by atoms with Crippen molar-refractivity contribution in [3.63, 3.8) is 0 Å². The Morgan fingerprint density at radius 2 is 1.63 bits per heavy atom. The first-order chi connectivity index (χ1) is 20.7. The molecule has 0 saturated carbocycles. The van der Waals surface area contributed by atoms with Crippen LogP contribution in [0.15, 0.2) is 73.1 Å². The fourth-order valence-electron chi connectivity index (χ4n) is 4.52. The first-order valence-electron chi connectivity index (χ1n) is 13.2. The van der Waals surface area contributed by atoms with Crippen LogP contribution in [0.25, 0.3) is 0 Å². The van der Waals surface area contributed by atoms with Crippen LogP contribution in [0.2, 0.25) is 10.0 Å². The highest BCUT2D eigenvalue weighted by Crippen LogP contribution is 2.35. The molecule has 2 aromatic heterocycles. The third kappa shape index (κ3) is 8.61. The second kappa shape index (κ2) is 15.1. The molecule has 0 bridgehead atoms. The SMILES string of the molecule is COc1ccc([C@H](Cc2c(Cl)c[n+]([O-])cc2Cl)OC(=O)Cc2ccc(CCNC(C(=O)O)c3ccccc3)s2)cc1OC. The number of benzene rings is 2. The van der Waals surface area contributed by atoms with Gasteiger partial charge >= 0.3 is 11.9 Å². The van der Waals surface area contributed by atoms with E-state index in [2.05, 4.69) is 5.32 Å². The lowest BCUT2D eigenvalue weighted by Crippen LogP contribution is -2.30. The molecule has 2 aromatic carbocycles. The van der Waals surface area contributed by atoms with Gasteiger partial charge in [0.05, 0.1) is 20.6 Å². The molecule has 0 saturated heterocycles. The number of hydrogen-bond acceptors (Lipinski definition) is 8. The number of halogens is 2. The van der Waals surface area contributed by atoms with E-state index in [9.17, 15) is 19.9 Å². The van der Waals surface area contributed by atoms with Gasteiger partial charge in [-0.05, 0) is 41.8 Å². The Balaban J connectivity index is 1.44. The molecule has 0 aliphatic rings.